The average molecular weight is 385 g/mol. The van der Waals surface area contributed by atoms with E-state index in [9.17, 15) is 18.0 Å². The number of hydrogen-bond acceptors (Lipinski definition) is 4. The largest absolute Gasteiger partial charge is 0.457 e. The van der Waals surface area contributed by atoms with Crippen LogP contribution in [0.25, 0.3) is 11.1 Å². The van der Waals surface area contributed by atoms with Crippen LogP contribution in [0.3, 0.4) is 0 Å². The van der Waals surface area contributed by atoms with Gasteiger partial charge in [0.25, 0.3) is 0 Å². The average Bonchev–Trinajstić information content (AvgIpc) is 3.23. The Morgan fingerprint density at radius 2 is 2.00 bits per heavy atom. The fraction of sp³-hybridized carbons (Fsp3) is 0.100. The highest BCUT2D eigenvalue weighted by Gasteiger charge is 2.49. The van der Waals surface area contributed by atoms with Crippen LogP contribution in [0.4, 0.5) is 13.2 Å². The predicted octanol–water partition coefficient (Wildman–Crippen LogP) is 5.59. The van der Waals surface area contributed by atoms with Crippen LogP contribution in [0.15, 0.2) is 47.2 Å². The van der Waals surface area contributed by atoms with Gasteiger partial charge in [0.05, 0.1) is 11.6 Å². The molecule has 27 heavy (non-hydrogen) atoms. The summed E-state index contributed by atoms with van der Waals surface area (Å²) >= 11 is 1.39. The van der Waals surface area contributed by atoms with E-state index in [0.29, 0.717) is 11.1 Å². The van der Waals surface area contributed by atoms with Crippen molar-refractivity contribution in [2.24, 2.45) is 0 Å². The standard InChI is InChI=1S/C20H10F3NO2S/c21-13-5-11(9-24)6-14(7-13)26-17-2-1-15(12-3-4-27-10-12)18-16(17)8-20(22,23)19(18)25/h1-7,10H,8H2. The Hall–Kier alpha value is -3.11. The molecule has 3 nitrogen and oxygen atoms in total. The van der Waals surface area contributed by atoms with Gasteiger partial charge in [0.1, 0.15) is 17.3 Å². The first kappa shape index (κ1) is 17.3. The zero-order valence-electron chi connectivity index (χ0n) is 13.6. The van der Waals surface area contributed by atoms with E-state index in [1.54, 1.807) is 29.0 Å². The number of nitriles is 1. The number of fused-ring (bicyclic) bond motifs is 1. The summed E-state index contributed by atoms with van der Waals surface area (Å²) in [5.41, 5.74) is 1.13. The molecule has 0 amide bonds. The highest BCUT2D eigenvalue weighted by atomic mass is 32.1. The van der Waals surface area contributed by atoms with Crippen molar-refractivity contribution in [3.05, 3.63) is 69.7 Å². The molecule has 7 heteroatoms. The molecule has 0 unspecified atom stereocenters. The van der Waals surface area contributed by atoms with Gasteiger partial charge in [-0.1, -0.05) is 0 Å². The molecule has 1 aliphatic carbocycles. The summed E-state index contributed by atoms with van der Waals surface area (Å²) in [6.07, 6.45) is -0.783. The minimum absolute atomic E-state index is 0.000279. The number of nitrogens with zero attached hydrogens (tertiary/aromatic N) is 1. The lowest BCUT2D eigenvalue weighted by Gasteiger charge is -2.13. The third-order valence-corrected chi connectivity index (χ3v) is 4.97. The summed E-state index contributed by atoms with van der Waals surface area (Å²) in [7, 11) is 0. The van der Waals surface area contributed by atoms with Crippen molar-refractivity contribution < 1.29 is 22.7 Å². The number of rotatable bonds is 3. The van der Waals surface area contributed by atoms with Gasteiger partial charge in [-0.2, -0.15) is 25.4 Å². The van der Waals surface area contributed by atoms with Crippen molar-refractivity contribution in [3.8, 4) is 28.7 Å². The molecule has 0 bridgehead atoms. The summed E-state index contributed by atoms with van der Waals surface area (Å²) in [5, 5.41) is 12.5. The second-order valence-corrected chi connectivity index (χ2v) is 6.86. The second kappa shape index (κ2) is 6.25. The van der Waals surface area contributed by atoms with Gasteiger partial charge in [-0.3, -0.25) is 4.79 Å². The number of Topliss-reactive ketones (excluding diaryl/α,β-unsaturated/α-hetero) is 1. The molecule has 134 valence electrons. The number of carbonyl (C=O) groups excluding carboxylic acids is 1. The third kappa shape index (κ3) is 2.98. The molecule has 0 atom stereocenters. The summed E-state index contributed by atoms with van der Waals surface area (Å²) in [6.45, 7) is 0. The number of thiophene rings is 1. The Labute approximate surface area is 156 Å². The Balaban J connectivity index is 1.84. The number of alkyl halides is 2. The molecule has 0 N–H and O–H groups in total. The van der Waals surface area contributed by atoms with Crippen molar-refractivity contribution in [3.63, 3.8) is 0 Å². The minimum atomic E-state index is -3.52. The van der Waals surface area contributed by atoms with Crippen LogP contribution in [-0.4, -0.2) is 11.7 Å². The van der Waals surface area contributed by atoms with E-state index in [0.717, 1.165) is 12.1 Å². The molecule has 0 radical (unpaired) electrons. The van der Waals surface area contributed by atoms with Crippen molar-refractivity contribution in [1.29, 1.82) is 5.26 Å². The van der Waals surface area contributed by atoms with E-state index < -0.39 is 23.9 Å². The molecule has 0 saturated carbocycles. The molecule has 1 aromatic heterocycles. The van der Waals surface area contributed by atoms with Crippen LogP contribution in [0.1, 0.15) is 21.5 Å². The van der Waals surface area contributed by atoms with Gasteiger partial charge < -0.3 is 4.74 Å². The van der Waals surface area contributed by atoms with Gasteiger partial charge in [-0.25, -0.2) is 4.39 Å². The highest BCUT2D eigenvalue weighted by Crippen LogP contribution is 2.45. The van der Waals surface area contributed by atoms with Crippen LogP contribution in [0.5, 0.6) is 11.5 Å². The minimum Gasteiger partial charge on any atom is -0.457 e. The van der Waals surface area contributed by atoms with Gasteiger partial charge in [-0.05, 0) is 52.2 Å². The Morgan fingerprint density at radius 3 is 2.70 bits per heavy atom. The molecule has 1 aliphatic rings. The number of ether oxygens (including phenoxy) is 1. The maximum atomic E-state index is 14.1. The fourth-order valence-electron chi connectivity index (χ4n) is 3.12. The summed E-state index contributed by atoms with van der Waals surface area (Å²) < 4.78 is 47.5. The van der Waals surface area contributed by atoms with E-state index in [4.69, 9.17) is 10.00 Å². The summed E-state index contributed by atoms with van der Waals surface area (Å²) in [6, 6.07) is 9.96. The van der Waals surface area contributed by atoms with Crippen LogP contribution in [0.2, 0.25) is 0 Å². The molecule has 1 heterocycles. The Bertz CT molecular complexity index is 1100. The second-order valence-electron chi connectivity index (χ2n) is 6.08. The molecule has 4 rings (SSSR count). The van der Waals surface area contributed by atoms with Crippen molar-refractivity contribution in [2.75, 3.05) is 0 Å². The number of ketones is 1. The van der Waals surface area contributed by atoms with E-state index in [-0.39, 0.29) is 28.2 Å². The zero-order valence-corrected chi connectivity index (χ0v) is 14.4. The Morgan fingerprint density at radius 1 is 1.19 bits per heavy atom. The molecule has 0 spiro atoms. The van der Waals surface area contributed by atoms with E-state index in [1.165, 1.54) is 23.5 Å². The molecule has 0 saturated heterocycles. The highest BCUT2D eigenvalue weighted by molar-refractivity contribution is 7.08. The van der Waals surface area contributed by atoms with Gasteiger partial charge in [0.2, 0.25) is 5.78 Å². The number of halogens is 3. The van der Waals surface area contributed by atoms with Crippen molar-refractivity contribution >= 4 is 17.1 Å². The maximum Gasteiger partial charge on any atom is 0.313 e. The summed E-state index contributed by atoms with van der Waals surface area (Å²) in [4.78, 5) is 12.3. The fourth-order valence-corrected chi connectivity index (χ4v) is 3.77. The van der Waals surface area contributed by atoms with E-state index in [2.05, 4.69) is 0 Å². The molecule has 2 aromatic carbocycles. The first-order valence-corrected chi connectivity index (χ1v) is 8.83. The predicted molar refractivity (Wildman–Crippen MR) is 93.9 cm³/mol. The lowest BCUT2D eigenvalue weighted by molar-refractivity contribution is 0.0167. The lowest BCUT2D eigenvalue weighted by atomic mass is 9.97. The number of hydrogen-bond donors (Lipinski definition) is 0. The summed E-state index contributed by atoms with van der Waals surface area (Å²) in [5.74, 6) is -5.41. The van der Waals surface area contributed by atoms with Gasteiger partial charge in [0, 0.05) is 23.6 Å². The smallest absolute Gasteiger partial charge is 0.313 e. The van der Waals surface area contributed by atoms with Gasteiger partial charge in [-0.15, -0.1) is 0 Å². The molecular formula is C20H10F3NO2S. The first-order valence-electron chi connectivity index (χ1n) is 7.88. The third-order valence-electron chi connectivity index (χ3n) is 4.29. The van der Waals surface area contributed by atoms with E-state index >= 15 is 0 Å². The Kier molecular flexibility index (Phi) is 4.01. The first-order chi connectivity index (χ1) is 12.9. The molecule has 3 aromatic rings. The van der Waals surface area contributed by atoms with Crippen molar-refractivity contribution in [1.82, 2.24) is 0 Å². The van der Waals surface area contributed by atoms with Gasteiger partial charge >= 0.3 is 5.92 Å². The zero-order chi connectivity index (χ0) is 19.2. The number of carbonyl (C=O) groups is 1. The molecule has 0 fully saturated rings. The van der Waals surface area contributed by atoms with Crippen LogP contribution in [0, 0.1) is 17.1 Å². The normalized spacial score (nSPS) is 14.7. The molecule has 0 aliphatic heterocycles. The van der Waals surface area contributed by atoms with E-state index in [1.807, 2.05) is 0 Å². The topological polar surface area (TPSA) is 50.1 Å². The quantitative estimate of drug-likeness (QED) is 0.590. The van der Waals surface area contributed by atoms with Crippen LogP contribution in [-0.2, 0) is 6.42 Å². The lowest BCUT2D eigenvalue weighted by Crippen LogP contribution is -2.23. The van der Waals surface area contributed by atoms with Crippen molar-refractivity contribution in [2.45, 2.75) is 12.3 Å². The van der Waals surface area contributed by atoms with Crippen LogP contribution >= 0.6 is 11.3 Å². The molecular weight excluding hydrogens is 375 g/mol. The maximum absolute atomic E-state index is 14.1. The SMILES string of the molecule is N#Cc1cc(F)cc(Oc2ccc(-c3ccsc3)c3c2CC(F)(F)C3=O)c1. The monoisotopic (exact) mass is 385 g/mol. The number of benzene rings is 2. The van der Waals surface area contributed by atoms with Crippen LogP contribution < -0.4 is 4.74 Å². The van der Waals surface area contributed by atoms with Gasteiger partial charge in [0.15, 0.2) is 0 Å².